The highest BCUT2D eigenvalue weighted by atomic mass is 127. The average Bonchev–Trinajstić information content (AvgIpc) is 3.01. The van der Waals surface area contributed by atoms with E-state index in [0.717, 1.165) is 9.13 Å². The van der Waals surface area contributed by atoms with Gasteiger partial charge in [-0.3, -0.25) is 14.1 Å². The second-order valence-electron chi connectivity index (χ2n) is 9.07. The lowest BCUT2D eigenvalue weighted by atomic mass is 10.0. The van der Waals surface area contributed by atoms with Crippen LogP contribution in [0.2, 0.25) is 0 Å². The molecule has 10 heteroatoms. The summed E-state index contributed by atoms with van der Waals surface area (Å²) in [4.78, 5) is 48.9. The number of phosphoric acid groups is 1. The molecule has 0 spiro atoms. The van der Waals surface area contributed by atoms with Gasteiger partial charge in [0.15, 0.2) is 0 Å². The van der Waals surface area contributed by atoms with Gasteiger partial charge in [0.05, 0.1) is 6.10 Å². The zero-order valence-electron chi connectivity index (χ0n) is 20.7. The highest BCUT2D eigenvalue weighted by Gasteiger charge is 2.32. The van der Waals surface area contributed by atoms with Crippen molar-refractivity contribution in [2.45, 2.75) is 32.8 Å². The number of nitrogens with zero attached hydrogens (tertiary/aromatic N) is 2. The molecule has 2 N–H and O–H groups in total. The minimum Gasteiger partial charge on any atom is -0.311 e. The van der Waals surface area contributed by atoms with Crippen LogP contribution in [-0.2, 0) is 9.09 Å². The van der Waals surface area contributed by atoms with E-state index in [1.807, 2.05) is 44.2 Å². The molecule has 3 aromatic carbocycles. The van der Waals surface area contributed by atoms with Gasteiger partial charge in [0.1, 0.15) is 0 Å². The van der Waals surface area contributed by atoms with E-state index in [4.69, 9.17) is 4.52 Å². The van der Waals surface area contributed by atoms with Gasteiger partial charge in [-0.2, -0.15) is 0 Å². The second kappa shape index (κ2) is 11.0. The lowest BCUT2D eigenvalue weighted by molar-refractivity contribution is 0.0982. The fourth-order valence-corrected chi connectivity index (χ4v) is 5.64. The Kier molecular flexibility index (Phi) is 8.20. The molecule has 2 amide bonds. The zero-order valence-corrected chi connectivity index (χ0v) is 23.8. The number of hydrogen-bond acceptors (Lipinski definition) is 4. The minimum atomic E-state index is -4.72. The number of fused-ring (bicyclic) bond motifs is 1. The molecule has 37 heavy (non-hydrogen) atoms. The first-order chi connectivity index (χ1) is 17.5. The third kappa shape index (κ3) is 6.13. The summed E-state index contributed by atoms with van der Waals surface area (Å²) in [7, 11) is -3.01. The third-order valence-electron chi connectivity index (χ3n) is 6.49. The number of aryl methyl sites for hydroxylation is 2. The van der Waals surface area contributed by atoms with E-state index in [-0.39, 0.29) is 11.8 Å². The largest absolute Gasteiger partial charge is 0.470 e. The molecule has 194 valence electrons. The first-order valence-electron chi connectivity index (χ1n) is 11.8. The molecular formula is C27H28IN2O6P. The molecule has 0 saturated heterocycles. The Morgan fingerprint density at radius 2 is 1.76 bits per heavy atom. The van der Waals surface area contributed by atoms with Gasteiger partial charge in [0.25, 0.3) is 11.8 Å². The Labute approximate surface area is 229 Å². The highest BCUT2D eigenvalue weighted by Crippen LogP contribution is 2.47. The number of halogens is 1. The highest BCUT2D eigenvalue weighted by molar-refractivity contribution is 14.1. The zero-order chi connectivity index (χ0) is 26.9. The maximum Gasteiger partial charge on any atom is 0.470 e. The summed E-state index contributed by atoms with van der Waals surface area (Å²) in [6.07, 6.45) is 0.0472. The number of benzene rings is 3. The van der Waals surface area contributed by atoms with Gasteiger partial charge in [0.2, 0.25) is 0 Å². The van der Waals surface area contributed by atoms with Crippen LogP contribution in [0.1, 0.15) is 56.4 Å². The van der Waals surface area contributed by atoms with Crippen molar-refractivity contribution < 1.29 is 28.5 Å². The lowest BCUT2D eigenvalue weighted by Crippen LogP contribution is -2.32. The van der Waals surface area contributed by atoms with Gasteiger partial charge >= 0.3 is 7.82 Å². The number of rotatable bonds is 5. The van der Waals surface area contributed by atoms with Crippen molar-refractivity contribution in [3.63, 3.8) is 0 Å². The van der Waals surface area contributed by atoms with Gasteiger partial charge in [0, 0.05) is 45.2 Å². The molecule has 1 atom stereocenters. The summed E-state index contributed by atoms with van der Waals surface area (Å²) in [6.45, 7) is 4.10. The molecule has 1 aliphatic rings. The van der Waals surface area contributed by atoms with Crippen molar-refractivity contribution in [1.29, 1.82) is 0 Å². The van der Waals surface area contributed by atoms with Gasteiger partial charge in [-0.25, -0.2) is 4.57 Å². The van der Waals surface area contributed by atoms with Crippen LogP contribution < -0.4 is 9.80 Å². The molecule has 4 rings (SSSR count). The SMILES string of the molecule is Cc1ccccc1C(=O)N(C)c1ccc(C(=O)N2CCCC(OP(=O)(O)O)c3cc(I)ccc32)c(C)c1. The van der Waals surface area contributed by atoms with Crippen LogP contribution in [-0.4, -0.2) is 35.2 Å². The monoisotopic (exact) mass is 634 g/mol. The summed E-state index contributed by atoms with van der Waals surface area (Å²) in [5.74, 6) is -0.361. The minimum absolute atomic E-state index is 0.135. The molecule has 0 aromatic heterocycles. The number of anilines is 2. The summed E-state index contributed by atoms with van der Waals surface area (Å²) >= 11 is 2.12. The van der Waals surface area contributed by atoms with E-state index in [1.165, 1.54) is 0 Å². The molecule has 1 aliphatic heterocycles. The molecule has 0 radical (unpaired) electrons. The summed E-state index contributed by atoms with van der Waals surface area (Å²) in [6, 6.07) is 18.1. The topological polar surface area (TPSA) is 107 Å². The van der Waals surface area contributed by atoms with E-state index in [1.54, 1.807) is 47.2 Å². The fourth-order valence-electron chi connectivity index (χ4n) is 4.58. The van der Waals surface area contributed by atoms with Crippen molar-refractivity contribution in [1.82, 2.24) is 0 Å². The maximum atomic E-state index is 13.7. The molecule has 0 saturated carbocycles. The van der Waals surface area contributed by atoms with E-state index >= 15 is 0 Å². The number of carbonyl (C=O) groups is 2. The number of hydrogen-bond donors (Lipinski definition) is 2. The number of amides is 2. The molecule has 0 fully saturated rings. The average molecular weight is 634 g/mol. The summed E-state index contributed by atoms with van der Waals surface area (Å²) in [5, 5.41) is 0. The Balaban J connectivity index is 1.64. The third-order valence-corrected chi connectivity index (χ3v) is 7.69. The molecular weight excluding hydrogens is 606 g/mol. The van der Waals surface area contributed by atoms with Crippen LogP contribution >= 0.6 is 30.4 Å². The molecule has 1 heterocycles. The Bertz CT molecular complexity index is 1410. The summed E-state index contributed by atoms with van der Waals surface area (Å²) in [5.41, 5.74) is 4.51. The van der Waals surface area contributed by atoms with Crippen LogP contribution in [0.3, 0.4) is 0 Å². The van der Waals surface area contributed by atoms with Gasteiger partial charge in [-0.15, -0.1) is 0 Å². The van der Waals surface area contributed by atoms with Crippen molar-refractivity contribution in [2.24, 2.45) is 0 Å². The Morgan fingerprint density at radius 1 is 1.03 bits per heavy atom. The quantitative estimate of drug-likeness (QED) is 0.273. The number of carbonyl (C=O) groups excluding carboxylic acids is 2. The Morgan fingerprint density at radius 3 is 2.43 bits per heavy atom. The van der Waals surface area contributed by atoms with Crippen LogP contribution in [0.5, 0.6) is 0 Å². The smallest absolute Gasteiger partial charge is 0.311 e. The second-order valence-corrected chi connectivity index (χ2v) is 11.5. The normalized spacial score (nSPS) is 15.6. The Hall–Kier alpha value is -2.56. The van der Waals surface area contributed by atoms with Crippen LogP contribution in [0.15, 0.2) is 60.7 Å². The predicted molar refractivity (Wildman–Crippen MR) is 151 cm³/mol. The van der Waals surface area contributed by atoms with Crippen LogP contribution in [0.25, 0.3) is 0 Å². The molecule has 8 nitrogen and oxygen atoms in total. The van der Waals surface area contributed by atoms with Crippen LogP contribution in [0.4, 0.5) is 11.4 Å². The summed E-state index contributed by atoms with van der Waals surface area (Å²) < 4.78 is 17.6. The van der Waals surface area contributed by atoms with E-state index in [0.29, 0.717) is 53.0 Å². The van der Waals surface area contributed by atoms with Crippen molar-refractivity contribution in [3.05, 3.63) is 92.1 Å². The van der Waals surface area contributed by atoms with Gasteiger partial charge < -0.3 is 19.6 Å². The lowest BCUT2D eigenvalue weighted by Gasteiger charge is -2.26. The first-order valence-corrected chi connectivity index (χ1v) is 14.4. The number of phosphoric ester groups is 1. The fraction of sp³-hybridized carbons (Fsp3) is 0.259. The van der Waals surface area contributed by atoms with E-state index < -0.39 is 13.9 Å². The van der Waals surface area contributed by atoms with Gasteiger partial charge in [-0.1, -0.05) is 18.2 Å². The van der Waals surface area contributed by atoms with E-state index in [2.05, 4.69) is 22.6 Å². The van der Waals surface area contributed by atoms with E-state index in [9.17, 15) is 23.9 Å². The standard InChI is InChI=1S/C27H28IN2O6P/c1-17-7-4-5-8-21(17)26(31)29(3)20-11-12-22(18(2)15-20)27(32)30-14-6-9-25(36-37(33,34)35)23-16-19(28)10-13-24(23)30/h4-5,7-8,10-13,15-16,25H,6,9,14H2,1-3H3,(H2,33,34,35). The van der Waals surface area contributed by atoms with Gasteiger partial charge in [-0.05, 0) is 103 Å². The maximum absolute atomic E-state index is 13.7. The molecule has 0 bridgehead atoms. The van der Waals surface area contributed by atoms with Crippen molar-refractivity contribution >= 4 is 53.6 Å². The molecule has 0 aliphatic carbocycles. The van der Waals surface area contributed by atoms with Crippen LogP contribution in [0, 0.1) is 17.4 Å². The first kappa shape index (κ1) is 27.5. The van der Waals surface area contributed by atoms with Crippen molar-refractivity contribution in [3.8, 4) is 0 Å². The van der Waals surface area contributed by atoms with Crippen molar-refractivity contribution in [2.75, 3.05) is 23.4 Å². The predicted octanol–water partition coefficient (Wildman–Crippen LogP) is 5.78. The molecule has 1 unspecified atom stereocenters. The molecule has 3 aromatic rings.